The summed E-state index contributed by atoms with van der Waals surface area (Å²) >= 11 is 0. The molecule has 0 radical (unpaired) electrons. The molecule has 2 rings (SSSR count). The van der Waals surface area contributed by atoms with Gasteiger partial charge in [-0.15, -0.1) is 0 Å². The van der Waals surface area contributed by atoms with Gasteiger partial charge in [-0.1, -0.05) is 20.8 Å². The molecule has 0 aromatic carbocycles. The normalized spacial score (nSPS) is 22.4. The number of likely N-dealkylation sites (N-methyl/N-ethyl adjacent to an activating group) is 1. The molecule has 4 heteroatoms. The van der Waals surface area contributed by atoms with Crippen LogP contribution in [0.25, 0.3) is 0 Å². The SMILES string of the molecule is CC(C)CC(NCc1ccc(C2CC2C)o1)C(=O)N(C)C. The maximum absolute atomic E-state index is 12.2. The summed E-state index contributed by atoms with van der Waals surface area (Å²) in [6.45, 7) is 7.13. The quantitative estimate of drug-likeness (QED) is 0.840. The van der Waals surface area contributed by atoms with E-state index in [4.69, 9.17) is 4.42 Å². The van der Waals surface area contributed by atoms with E-state index in [1.165, 1.54) is 6.42 Å². The summed E-state index contributed by atoms with van der Waals surface area (Å²) in [5, 5.41) is 3.35. The molecule has 0 aliphatic heterocycles. The van der Waals surface area contributed by atoms with Crippen molar-refractivity contribution >= 4 is 5.91 Å². The van der Waals surface area contributed by atoms with Crippen LogP contribution in [0, 0.1) is 11.8 Å². The largest absolute Gasteiger partial charge is 0.464 e. The maximum Gasteiger partial charge on any atom is 0.239 e. The van der Waals surface area contributed by atoms with Crippen LogP contribution in [0.2, 0.25) is 0 Å². The topological polar surface area (TPSA) is 45.5 Å². The van der Waals surface area contributed by atoms with Crippen molar-refractivity contribution in [2.75, 3.05) is 14.1 Å². The van der Waals surface area contributed by atoms with Crippen LogP contribution < -0.4 is 5.32 Å². The van der Waals surface area contributed by atoms with Crippen molar-refractivity contribution in [2.45, 2.75) is 52.1 Å². The molecule has 1 aromatic rings. The zero-order valence-electron chi connectivity index (χ0n) is 13.8. The smallest absolute Gasteiger partial charge is 0.239 e. The van der Waals surface area contributed by atoms with Crippen molar-refractivity contribution in [1.29, 1.82) is 0 Å². The van der Waals surface area contributed by atoms with Crippen LogP contribution >= 0.6 is 0 Å². The molecule has 3 atom stereocenters. The van der Waals surface area contributed by atoms with Crippen LogP contribution in [-0.4, -0.2) is 30.9 Å². The van der Waals surface area contributed by atoms with Gasteiger partial charge in [-0.2, -0.15) is 0 Å². The highest BCUT2D eigenvalue weighted by atomic mass is 16.3. The zero-order valence-corrected chi connectivity index (χ0v) is 13.8. The number of carbonyl (C=O) groups excluding carboxylic acids is 1. The van der Waals surface area contributed by atoms with Gasteiger partial charge in [0, 0.05) is 20.0 Å². The lowest BCUT2D eigenvalue weighted by atomic mass is 10.0. The Hall–Kier alpha value is -1.29. The van der Waals surface area contributed by atoms with Gasteiger partial charge in [0.2, 0.25) is 5.91 Å². The fourth-order valence-electron chi connectivity index (χ4n) is 2.69. The van der Waals surface area contributed by atoms with Crippen molar-refractivity contribution in [3.05, 3.63) is 23.7 Å². The van der Waals surface area contributed by atoms with Gasteiger partial charge < -0.3 is 9.32 Å². The highest BCUT2D eigenvalue weighted by Crippen LogP contribution is 2.47. The van der Waals surface area contributed by atoms with E-state index in [1.54, 1.807) is 19.0 Å². The number of furan rings is 1. The van der Waals surface area contributed by atoms with Crippen molar-refractivity contribution in [1.82, 2.24) is 10.2 Å². The number of hydrogen-bond donors (Lipinski definition) is 1. The Kier molecular flexibility index (Phi) is 5.09. The fraction of sp³-hybridized carbons (Fsp3) is 0.706. The maximum atomic E-state index is 12.2. The van der Waals surface area contributed by atoms with E-state index in [0.29, 0.717) is 18.4 Å². The van der Waals surface area contributed by atoms with E-state index in [2.05, 4.69) is 32.2 Å². The third-order valence-electron chi connectivity index (χ3n) is 4.13. The summed E-state index contributed by atoms with van der Waals surface area (Å²) in [4.78, 5) is 13.9. The van der Waals surface area contributed by atoms with Gasteiger partial charge in [-0.3, -0.25) is 10.1 Å². The second-order valence-corrected chi connectivity index (χ2v) is 6.92. The predicted molar refractivity (Wildman–Crippen MR) is 84.0 cm³/mol. The summed E-state index contributed by atoms with van der Waals surface area (Å²) in [7, 11) is 3.60. The molecule has 1 N–H and O–H groups in total. The summed E-state index contributed by atoms with van der Waals surface area (Å²) in [5.74, 6) is 3.98. The van der Waals surface area contributed by atoms with Crippen molar-refractivity contribution in [3.8, 4) is 0 Å². The van der Waals surface area contributed by atoms with Gasteiger partial charge in [0.1, 0.15) is 11.5 Å². The van der Waals surface area contributed by atoms with Gasteiger partial charge in [0.25, 0.3) is 0 Å². The molecule has 1 fully saturated rings. The summed E-state index contributed by atoms with van der Waals surface area (Å²) < 4.78 is 5.89. The van der Waals surface area contributed by atoms with Crippen LogP contribution in [0.1, 0.15) is 51.1 Å². The van der Waals surface area contributed by atoms with Gasteiger partial charge >= 0.3 is 0 Å². The number of carbonyl (C=O) groups is 1. The van der Waals surface area contributed by atoms with Crippen LogP contribution in [-0.2, 0) is 11.3 Å². The lowest BCUT2D eigenvalue weighted by Crippen LogP contribution is -2.44. The number of amides is 1. The molecule has 0 saturated heterocycles. The third kappa shape index (κ3) is 4.34. The summed E-state index contributed by atoms with van der Waals surface area (Å²) in [5.41, 5.74) is 0. The molecule has 1 heterocycles. The molecule has 21 heavy (non-hydrogen) atoms. The van der Waals surface area contributed by atoms with Crippen LogP contribution in [0.4, 0.5) is 0 Å². The molecule has 1 aliphatic carbocycles. The van der Waals surface area contributed by atoms with Gasteiger partial charge in [-0.25, -0.2) is 0 Å². The van der Waals surface area contributed by atoms with Crippen LogP contribution in [0.15, 0.2) is 16.5 Å². The predicted octanol–water partition coefficient (Wildman–Crippen LogP) is 3.00. The minimum absolute atomic E-state index is 0.131. The van der Waals surface area contributed by atoms with E-state index >= 15 is 0 Å². The fourth-order valence-corrected chi connectivity index (χ4v) is 2.69. The van der Waals surface area contributed by atoms with Crippen LogP contribution in [0.5, 0.6) is 0 Å². The Balaban J connectivity index is 1.91. The van der Waals surface area contributed by atoms with Crippen molar-refractivity contribution in [2.24, 2.45) is 11.8 Å². The number of rotatable bonds is 7. The van der Waals surface area contributed by atoms with E-state index in [-0.39, 0.29) is 11.9 Å². The Bertz CT molecular complexity index is 479. The monoisotopic (exact) mass is 292 g/mol. The van der Waals surface area contributed by atoms with Crippen molar-refractivity contribution in [3.63, 3.8) is 0 Å². The molecule has 0 spiro atoms. The second kappa shape index (κ2) is 6.65. The first-order valence-corrected chi connectivity index (χ1v) is 7.91. The van der Waals surface area contributed by atoms with E-state index in [9.17, 15) is 4.79 Å². The minimum atomic E-state index is -0.145. The van der Waals surface area contributed by atoms with E-state index < -0.39 is 0 Å². The van der Waals surface area contributed by atoms with E-state index in [1.807, 2.05) is 6.07 Å². The zero-order chi connectivity index (χ0) is 15.6. The van der Waals surface area contributed by atoms with Crippen molar-refractivity contribution < 1.29 is 9.21 Å². The summed E-state index contributed by atoms with van der Waals surface area (Å²) in [6.07, 6.45) is 2.07. The first kappa shape index (κ1) is 16.1. The average molecular weight is 292 g/mol. The highest BCUT2D eigenvalue weighted by molar-refractivity contribution is 5.81. The first-order valence-electron chi connectivity index (χ1n) is 7.91. The van der Waals surface area contributed by atoms with Gasteiger partial charge in [-0.05, 0) is 36.8 Å². The Morgan fingerprint density at radius 3 is 2.62 bits per heavy atom. The molecule has 1 aliphatic rings. The number of nitrogens with one attached hydrogen (secondary N) is 1. The minimum Gasteiger partial charge on any atom is -0.464 e. The molecule has 118 valence electrons. The average Bonchev–Trinajstić information content (AvgIpc) is 2.96. The number of hydrogen-bond acceptors (Lipinski definition) is 3. The Morgan fingerprint density at radius 2 is 2.10 bits per heavy atom. The summed E-state index contributed by atoms with van der Waals surface area (Å²) in [6, 6.07) is 3.96. The van der Waals surface area contributed by atoms with Crippen LogP contribution in [0.3, 0.4) is 0 Å². The van der Waals surface area contributed by atoms with E-state index in [0.717, 1.165) is 23.9 Å². The third-order valence-corrected chi connectivity index (χ3v) is 4.13. The molecule has 0 bridgehead atoms. The molecule has 3 unspecified atom stereocenters. The Morgan fingerprint density at radius 1 is 1.43 bits per heavy atom. The first-order chi connectivity index (χ1) is 9.88. The van der Waals surface area contributed by atoms with Gasteiger partial charge in [0.15, 0.2) is 0 Å². The second-order valence-electron chi connectivity index (χ2n) is 6.92. The molecular formula is C17H28N2O2. The number of nitrogens with zero attached hydrogens (tertiary/aromatic N) is 1. The Labute approximate surface area is 127 Å². The molecule has 1 aromatic heterocycles. The molecule has 1 saturated carbocycles. The standard InChI is InChI=1S/C17H28N2O2/c1-11(2)8-15(17(20)19(4)5)18-10-13-6-7-16(21-13)14-9-12(14)3/h6-7,11-12,14-15,18H,8-10H2,1-5H3. The highest BCUT2D eigenvalue weighted by Gasteiger charge is 2.36. The molecule has 1 amide bonds. The molecular weight excluding hydrogens is 264 g/mol. The van der Waals surface area contributed by atoms with Gasteiger partial charge in [0.05, 0.1) is 12.6 Å². The lowest BCUT2D eigenvalue weighted by molar-refractivity contribution is -0.131. The lowest BCUT2D eigenvalue weighted by Gasteiger charge is -2.22. The molecule has 4 nitrogen and oxygen atoms in total.